The van der Waals surface area contributed by atoms with E-state index in [1.54, 1.807) is 12.4 Å². The number of H-pyrrole nitrogens is 1. The Morgan fingerprint density at radius 3 is 2.65 bits per heavy atom. The molecule has 0 spiro atoms. The van der Waals surface area contributed by atoms with Crippen LogP contribution in [0.15, 0.2) is 18.5 Å². The molecule has 37 heavy (non-hydrogen) atoms. The van der Waals surface area contributed by atoms with Crippen LogP contribution >= 0.6 is 0 Å². The van der Waals surface area contributed by atoms with Gasteiger partial charge in [-0.25, -0.2) is 4.98 Å². The molecule has 2 saturated heterocycles. The summed E-state index contributed by atoms with van der Waals surface area (Å²) in [5.41, 5.74) is 2.27. The minimum Gasteiger partial charge on any atom is -0.485 e. The van der Waals surface area contributed by atoms with Crippen molar-refractivity contribution in [3.63, 3.8) is 0 Å². The molecule has 0 aliphatic carbocycles. The molecule has 0 atom stereocenters. The number of carbonyl (C=O) groups excluding carboxylic acids is 1. The summed E-state index contributed by atoms with van der Waals surface area (Å²) in [7, 11) is 0. The molecule has 0 bridgehead atoms. The number of piperidine rings is 2. The van der Waals surface area contributed by atoms with Crippen molar-refractivity contribution >= 4 is 28.7 Å². The number of amides is 1. The van der Waals surface area contributed by atoms with E-state index in [4.69, 9.17) is 14.2 Å². The highest BCUT2D eigenvalue weighted by molar-refractivity contribution is 5.99. The Morgan fingerprint density at radius 2 is 1.86 bits per heavy atom. The molecular weight excluding hydrogens is 474 g/mol. The molecule has 1 amide bonds. The number of likely N-dealkylation sites (tertiary alicyclic amines) is 2. The number of aromatic amines is 1. The van der Waals surface area contributed by atoms with Crippen LogP contribution in [0.4, 0.5) is 11.6 Å². The molecule has 6 rings (SSSR count). The molecule has 0 saturated carbocycles. The van der Waals surface area contributed by atoms with Gasteiger partial charge in [-0.2, -0.15) is 9.97 Å². The first kappa shape index (κ1) is 23.8. The second-order valence-corrected chi connectivity index (χ2v) is 9.65. The van der Waals surface area contributed by atoms with Crippen LogP contribution in [0, 0.1) is 0 Å². The minimum atomic E-state index is -0.0155. The van der Waals surface area contributed by atoms with Crippen LogP contribution in [-0.4, -0.2) is 87.7 Å². The third kappa shape index (κ3) is 4.75. The van der Waals surface area contributed by atoms with E-state index in [-0.39, 0.29) is 5.91 Å². The summed E-state index contributed by atoms with van der Waals surface area (Å²) in [5.74, 6) is 1.67. The van der Waals surface area contributed by atoms with Crippen molar-refractivity contribution in [1.82, 2.24) is 29.7 Å². The SMILES string of the molecule is CCOc1nc(Nc2ccc(C(=O)N3CCC(N4CCCCC4)CC3)c3c2OCCO3)nc2nc[nH]c12. The summed E-state index contributed by atoms with van der Waals surface area (Å²) < 4.78 is 17.6. The van der Waals surface area contributed by atoms with Crippen LogP contribution in [0.3, 0.4) is 0 Å². The molecule has 2 N–H and O–H groups in total. The highest BCUT2D eigenvalue weighted by atomic mass is 16.6. The summed E-state index contributed by atoms with van der Waals surface area (Å²) in [6, 6.07) is 4.20. The third-order valence-electron chi connectivity index (χ3n) is 7.36. The highest BCUT2D eigenvalue weighted by Gasteiger charge is 2.31. The lowest BCUT2D eigenvalue weighted by Crippen LogP contribution is -2.48. The summed E-state index contributed by atoms with van der Waals surface area (Å²) in [4.78, 5) is 34.3. The lowest BCUT2D eigenvalue weighted by molar-refractivity contribution is 0.0582. The lowest BCUT2D eigenvalue weighted by atomic mass is 9.99. The summed E-state index contributed by atoms with van der Waals surface area (Å²) in [6.07, 6.45) is 7.50. The van der Waals surface area contributed by atoms with Crippen molar-refractivity contribution in [2.75, 3.05) is 51.3 Å². The monoisotopic (exact) mass is 507 g/mol. The van der Waals surface area contributed by atoms with Crippen molar-refractivity contribution in [1.29, 1.82) is 0 Å². The fourth-order valence-corrected chi connectivity index (χ4v) is 5.52. The zero-order chi connectivity index (χ0) is 25.2. The largest absolute Gasteiger partial charge is 0.485 e. The van der Waals surface area contributed by atoms with E-state index in [0.717, 1.165) is 25.9 Å². The number of hydrogen-bond donors (Lipinski definition) is 2. The molecule has 2 aromatic heterocycles. The Balaban J connectivity index is 1.22. The maximum atomic E-state index is 13.6. The van der Waals surface area contributed by atoms with Gasteiger partial charge in [0.05, 0.1) is 24.2 Å². The maximum Gasteiger partial charge on any atom is 0.257 e. The second kappa shape index (κ2) is 10.4. The van der Waals surface area contributed by atoms with Crippen LogP contribution < -0.4 is 19.5 Å². The number of aromatic nitrogens is 4. The van der Waals surface area contributed by atoms with E-state index in [1.807, 2.05) is 17.9 Å². The number of imidazole rings is 1. The van der Waals surface area contributed by atoms with E-state index in [9.17, 15) is 4.79 Å². The molecule has 1 aromatic carbocycles. The molecule has 3 aliphatic rings. The van der Waals surface area contributed by atoms with Gasteiger partial charge in [-0.05, 0) is 57.8 Å². The van der Waals surface area contributed by atoms with Crippen LogP contribution in [0.5, 0.6) is 17.4 Å². The number of nitrogens with one attached hydrogen (secondary N) is 2. The first-order valence-electron chi connectivity index (χ1n) is 13.3. The van der Waals surface area contributed by atoms with Crippen LogP contribution in [0.25, 0.3) is 11.2 Å². The molecule has 3 aliphatic heterocycles. The first-order chi connectivity index (χ1) is 18.2. The van der Waals surface area contributed by atoms with E-state index >= 15 is 0 Å². The van der Waals surface area contributed by atoms with E-state index in [0.29, 0.717) is 71.6 Å². The van der Waals surface area contributed by atoms with Crippen LogP contribution in [0.2, 0.25) is 0 Å². The number of anilines is 2. The lowest BCUT2D eigenvalue weighted by Gasteiger charge is -2.40. The van der Waals surface area contributed by atoms with Crippen molar-refractivity contribution in [3.05, 3.63) is 24.0 Å². The number of carbonyl (C=O) groups is 1. The third-order valence-corrected chi connectivity index (χ3v) is 7.36. The zero-order valence-electron chi connectivity index (χ0n) is 21.2. The smallest absolute Gasteiger partial charge is 0.257 e. The number of rotatable bonds is 6. The average molecular weight is 508 g/mol. The Hall–Kier alpha value is -3.60. The average Bonchev–Trinajstić information content (AvgIpc) is 3.43. The fourth-order valence-electron chi connectivity index (χ4n) is 5.52. The first-order valence-corrected chi connectivity index (χ1v) is 13.3. The van der Waals surface area contributed by atoms with Gasteiger partial charge in [0.25, 0.3) is 5.91 Å². The van der Waals surface area contributed by atoms with Gasteiger partial charge in [0.15, 0.2) is 17.1 Å². The van der Waals surface area contributed by atoms with Gasteiger partial charge >= 0.3 is 0 Å². The van der Waals surface area contributed by atoms with E-state index < -0.39 is 0 Å². The van der Waals surface area contributed by atoms with Gasteiger partial charge in [-0.3, -0.25) is 4.79 Å². The predicted molar refractivity (Wildman–Crippen MR) is 138 cm³/mol. The summed E-state index contributed by atoms with van der Waals surface area (Å²) in [6.45, 7) is 7.03. The summed E-state index contributed by atoms with van der Waals surface area (Å²) in [5, 5.41) is 3.21. The van der Waals surface area contributed by atoms with E-state index in [1.165, 1.54) is 32.4 Å². The van der Waals surface area contributed by atoms with Crippen molar-refractivity contribution < 1.29 is 19.0 Å². The molecule has 5 heterocycles. The van der Waals surface area contributed by atoms with E-state index in [2.05, 4.69) is 30.2 Å². The second-order valence-electron chi connectivity index (χ2n) is 9.65. The van der Waals surface area contributed by atoms with Crippen LogP contribution in [-0.2, 0) is 0 Å². The number of benzene rings is 1. The number of nitrogens with zero attached hydrogens (tertiary/aromatic N) is 5. The zero-order valence-corrected chi connectivity index (χ0v) is 21.2. The molecule has 196 valence electrons. The number of ether oxygens (including phenoxy) is 3. The molecule has 11 nitrogen and oxygen atoms in total. The Labute approximate surface area is 215 Å². The van der Waals surface area contributed by atoms with Crippen LogP contribution in [0.1, 0.15) is 49.4 Å². The molecule has 11 heteroatoms. The van der Waals surface area contributed by atoms with Gasteiger partial charge in [-0.15, -0.1) is 0 Å². The molecule has 2 fully saturated rings. The van der Waals surface area contributed by atoms with Gasteiger partial charge in [0, 0.05) is 19.1 Å². The van der Waals surface area contributed by atoms with Gasteiger partial charge in [0.1, 0.15) is 18.7 Å². The quantitative estimate of drug-likeness (QED) is 0.518. The number of fused-ring (bicyclic) bond motifs is 2. The molecular formula is C26H33N7O4. The van der Waals surface area contributed by atoms with Gasteiger partial charge in [-0.1, -0.05) is 6.42 Å². The van der Waals surface area contributed by atoms with Gasteiger partial charge in [0.2, 0.25) is 11.8 Å². The Morgan fingerprint density at radius 1 is 1.08 bits per heavy atom. The van der Waals surface area contributed by atoms with Crippen molar-refractivity contribution in [2.45, 2.75) is 45.1 Å². The fraction of sp³-hybridized carbons (Fsp3) is 0.538. The Kier molecular flexibility index (Phi) is 6.69. The topological polar surface area (TPSA) is 118 Å². The summed E-state index contributed by atoms with van der Waals surface area (Å²) >= 11 is 0. The Bertz CT molecular complexity index is 1270. The molecule has 3 aromatic rings. The normalized spacial score (nSPS) is 18.7. The van der Waals surface area contributed by atoms with Crippen molar-refractivity contribution in [3.8, 4) is 17.4 Å². The van der Waals surface area contributed by atoms with Crippen molar-refractivity contribution in [2.24, 2.45) is 0 Å². The number of hydrogen-bond acceptors (Lipinski definition) is 9. The molecule has 0 unspecified atom stereocenters. The van der Waals surface area contributed by atoms with Gasteiger partial charge < -0.3 is 34.3 Å². The minimum absolute atomic E-state index is 0.0155. The highest BCUT2D eigenvalue weighted by Crippen LogP contribution is 2.42. The predicted octanol–water partition coefficient (Wildman–Crippen LogP) is 3.36. The molecule has 0 radical (unpaired) electrons. The standard InChI is InChI=1S/C26H33N7O4/c1-2-35-24-20-23(28-16-27-20)30-26(31-24)29-19-7-6-18(21-22(19)37-15-14-36-21)25(34)33-12-8-17(9-13-33)32-10-4-3-5-11-32/h6-7,16-17H,2-5,8-15H2,1H3,(H2,27,28,29,30,31). The maximum absolute atomic E-state index is 13.6.